The van der Waals surface area contributed by atoms with Crippen molar-refractivity contribution in [3.63, 3.8) is 0 Å². The van der Waals surface area contributed by atoms with Crippen LogP contribution in [-0.4, -0.2) is 52.8 Å². The van der Waals surface area contributed by atoms with E-state index >= 15 is 0 Å². The van der Waals surface area contributed by atoms with E-state index < -0.39 is 0 Å². The monoisotopic (exact) mass is 343 g/mol. The summed E-state index contributed by atoms with van der Waals surface area (Å²) in [4.78, 5) is 31.3. The van der Waals surface area contributed by atoms with E-state index in [0.717, 1.165) is 12.0 Å². The molecule has 1 saturated heterocycles. The smallest absolute Gasteiger partial charge is 0.227 e. The SMILES string of the molecule is O=C(Cc1cc[nH]c1)N1CCCN(C(=O)Cc2ccccc2F)CC1. The molecule has 1 aromatic heterocycles. The summed E-state index contributed by atoms with van der Waals surface area (Å²) in [5.74, 6) is -0.373. The predicted molar refractivity (Wildman–Crippen MR) is 92.4 cm³/mol. The van der Waals surface area contributed by atoms with Crippen molar-refractivity contribution in [3.05, 3.63) is 59.7 Å². The van der Waals surface area contributed by atoms with Gasteiger partial charge in [-0.2, -0.15) is 0 Å². The third kappa shape index (κ3) is 4.47. The molecule has 6 heteroatoms. The van der Waals surface area contributed by atoms with Gasteiger partial charge in [0.2, 0.25) is 11.8 Å². The Hall–Kier alpha value is -2.63. The van der Waals surface area contributed by atoms with E-state index in [-0.39, 0.29) is 24.1 Å². The highest BCUT2D eigenvalue weighted by Crippen LogP contribution is 2.12. The van der Waals surface area contributed by atoms with Crippen molar-refractivity contribution < 1.29 is 14.0 Å². The lowest BCUT2D eigenvalue weighted by atomic mass is 10.1. The van der Waals surface area contributed by atoms with Gasteiger partial charge in [-0.15, -0.1) is 0 Å². The highest BCUT2D eigenvalue weighted by Gasteiger charge is 2.22. The number of halogens is 1. The van der Waals surface area contributed by atoms with E-state index in [1.54, 1.807) is 29.3 Å². The average molecular weight is 343 g/mol. The van der Waals surface area contributed by atoms with Crippen LogP contribution in [0.25, 0.3) is 0 Å². The van der Waals surface area contributed by atoms with Crippen LogP contribution in [-0.2, 0) is 22.4 Å². The standard InChI is InChI=1S/C19H22FN3O2/c20-17-5-2-1-4-16(17)13-19(25)23-9-3-8-22(10-11-23)18(24)12-15-6-7-21-14-15/h1-2,4-7,14,21H,3,8-13H2. The number of aromatic nitrogens is 1. The summed E-state index contributed by atoms with van der Waals surface area (Å²) in [5.41, 5.74) is 1.37. The van der Waals surface area contributed by atoms with Crippen LogP contribution in [0, 0.1) is 5.82 Å². The van der Waals surface area contributed by atoms with E-state index in [2.05, 4.69) is 4.98 Å². The Morgan fingerprint density at radius 1 is 0.960 bits per heavy atom. The molecule has 0 spiro atoms. The summed E-state index contributed by atoms with van der Waals surface area (Å²) in [6.45, 7) is 2.26. The number of hydrogen-bond donors (Lipinski definition) is 1. The van der Waals surface area contributed by atoms with Gasteiger partial charge in [-0.25, -0.2) is 4.39 Å². The van der Waals surface area contributed by atoms with Crippen LogP contribution in [0.15, 0.2) is 42.7 Å². The first-order valence-electron chi connectivity index (χ1n) is 8.54. The summed E-state index contributed by atoms with van der Waals surface area (Å²) in [5, 5.41) is 0. The Bertz CT molecular complexity index is 730. The molecule has 0 radical (unpaired) electrons. The van der Waals surface area contributed by atoms with E-state index in [1.807, 2.05) is 17.2 Å². The molecule has 132 valence electrons. The van der Waals surface area contributed by atoms with Crippen LogP contribution in [0.1, 0.15) is 17.5 Å². The fourth-order valence-corrected chi connectivity index (χ4v) is 3.09. The van der Waals surface area contributed by atoms with E-state index in [1.165, 1.54) is 6.07 Å². The number of aromatic amines is 1. The van der Waals surface area contributed by atoms with Gasteiger partial charge in [0.05, 0.1) is 12.8 Å². The molecule has 1 aliphatic heterocycles. The predicted octanol–water partition coefficient (Wildman–Crippen LogP) is 2.00. The van der Waals surface area contributed by atoms with Gasteiger partial charge in [0.1, 0.15) is 5.82 Å². The fourth-order valence-electron chi connectivity index (χ4n) is 3.09. The minimum Gasteiger partial charge on any atom is -0.367 e. The summed E-state index contributed by atoms with van der Waals surface area (Å²) in [6, 6.07) is 8.24. The first-order chi connectivity index (χ1) is 12.1. The molecule has 2 heterocycles. The number of H-pyrrole nitrogens is 1. The van der Waals surface area contributed by atoms with Crippen molar-refractivity contribution in [1.82, 2.24) is 14.8 Å². The molecule has 1 N–H and O–H groups in total. The zero-order valence-electron chi connectivity index (χ0n) is 14.1. The fraction of sp³-hybridized carbons (Fsp3) is 0.368. The average Bonchev–Trinajstić information content (AvgIpc) is 2.98. The minimum atomic E-state index is -0.353. The lowest BCUT2D eigenvalue weighted by molar-refractivity contribution is -0.132. The third-order valence-corrected chi connectivity index (χ3v) is 4.52. The zero-order chi connectivity index (χ0) is 17.6. The first-order valence-corrected chi connectivity index (χ1v) is 8.54. The van der Waals surface area contributed by atoms with Crippen LogP contribution in [0.3, 0.4) is 0 Å². The molecule has 2 aromatic rings. The van der Waals surface area contributed by atoms with Gasteiger partial charge in [-0.05, 0) is 29.7 Å². The van der Waals surface area contributed by atoms with Gasteiger partial charge in [0.25, 0.3) is 0 Å². The van der Waals surface area contributed by atoms with Crippen molar-refractivity contribution >= 4 is 11.8 Å². The number of carbonyl (C=O) groups excluding carboxylic acids is 2. The molecule has 1 aromatic carbocycles. The van der Waals surface area contributed by atoms with E-state index in [0.29, 0.717) is 38.2 Å². The molecule has 0 atom stereocenters. The van der Waals surface area contributed by atoms with Gasteiger partial charge in [-0.3, -0.25) is 9.59 Å². The summed E-state index contributed by atoms with van der Waals surface area (Å²) in [7, 11) is 0. The first kappa shape index (κ1) is 17.2. The molecular weight excluding hydrogens is 321 g/mol. The molecule has 25 heavy (non-hydrogen) atoms. The van der Waals surface area contributed by atoms with Crippen molar-refractivity contribution in [2.75, 3.05) is 26.2 Å². The Balaban J connectivity index is 1.55. The molecule has 0 unspecified atom stereocenters. The van der Waals surface area contributed by atoms with Crippen LogP contribution < -0.4 is 0 Å². The summed E-state index contributed by atoms with van der Waals surface area (Å²) in [6.07, 6.45) is 4.78. The Kier molecular flexibility index (Phi) is 5.48. The largest absolute Gasteiger partial charge is 0.367 e. The molecule has 0 aliphatic carbocycles. The maximum atomic E-state index is 13.7. The second-order valence-corrected chi connectivity index (χ2v) is 6.28. The van der Waals surface area contributed by atoms with Gasteiger partial charge < -0.3 is 14.8 Å². The van der Waals surface area contributed by atoms with Gasteiger partial charge in [-0.1, -0.05) is 18.2 Å². The second-order valence-electron chi connectivity index (χ2n) is 6.28. The quantitative estimate of drug-likeness (QED) is 0.923. The normalized spacial score (nSPS) is 15.1. The molecule has 5 nitrogen and oxygen atoms in total. The van der Waals surface area contributed by atoms with Gasteiger partial charge >= 0.3 is 0 Å². The van der Waals surface area contributed by atoms with Crippen LogP contribution >= 0.6 is 0 Å². The molecule has 1 aliphatic rings. The molecule has 1 fully saturated rings. The maximum absolute atomic E-state index is 13.7. The van der Waals surface area contributed by atoms with Crippen molar-refractivity contribution in [2.45, 2.75) is 19.3 Å². The summed E-state index contributed by atoms with van der Waals surface area (Å²) < 4.78 is 13.7. The van der Waals surface area contributed by atoms with Crippen molar-refractivity contribution in [3.8, 4) is 0 Å². The molecule has 0 saturated carbocycles. The second kappa shape index (κ2) is 7.96. The number of hydrogen-bond acceptors (Lipinski definition) is 2. The zero-order valence-corrected chi connectivity index (χ0v) is 14.1. The third-order valence-electron chi connectivity index (χ3n) is 4.52. The van der Waals surface area contributed by atoms with Gasteiger partial charge in [0.15, 0.2) is 0 Å². The van der Waals surface area contributed by atoms with Crippen molar-refractivity contribution in [2.24, 2.45) is 0 Å². The number of carbonyl (C=O) groups is 2. The highest BCUT2D eigenvalue weighted by atomic mass is 19.1. The Labute approximate surface area is 146 Å². The van der Waals surface area contributed by atoms with Crippen LogP contribution in [0.4, 0.5) is 4.39 Å². The molecule has 0 bridgehead atoms. The topological polar surface area (TPSA) is 56.4 Å². The number of nitrogens with one attached hydrogen (secondary N) is 1. The van der Waals surface area contributed by atoms with Crippen LogP contribution in [0.2, 0.25) is 0 Å². The maximum Gasteiger partial charge on any atom is 0.227 e. The van der Waals surface area contributed by atoms with Crippen molar-refractivity contribution in [1.29, 1.82) is 0 Å². The lowest BCUT2D eigenvalue weighted by Gasteiger charge is -2.22. The molecule has 2 amide bonds. The number of nitrogens with zero attached hydrogens (tertiary/aromatic N) is 2. The number of benzene rings is 1. The number of amides is 2. The van der Waals surface area contributed by atoms with E-state index in [4.69, 9.17) is 0 Å². The lowest BCUT2D eigenvalue weighted by Crippen LogP contribution is -2.38. The van der Waals surface area contributed by atoms with Crippen LogP contribution in [0.5, 0.6) is 0 Å². The summed E-state index contributed by atoms with van der Waals surface area (Å²) >= 11 is 0. The molecule has 3 rings (SSSR count). The minimum absolute atomic E-state index is 0.0595. The Morgan fingerprint density at radius 3 is 2.28 bits per heavy atom. The Morgan fingerprint density at radius 2 is 1.64 bits per heavy atom. The molecular formula is C19H22FN3O2. The van der Waals surface area contributed by atoms with E-state index in [9.17, 15) is 14.0 Å². The number of rotatable bonds is 4. The van der Waals surface area contributed by atoms with Gasteiger partial charge in [0, 0.05) is 38.6 Å². The highest BCUT2D eigenvalue weighted by molar-refractivity contribution is 5.80.